The minimum Gasteiger partial charge on any atom is -0.445 e. The lowest BCUT2D eigenvalue weighted by Gasteiger charge is -2.10. The van der Waals surface area contributed by atoms with E-state index in [0.29, 0.717) is 11.7 Å². The fourth-order valence-corrected chi connectivity index (χ4v) is 2.08. The highest BCUT2D eigenvalue weighted by Gasteiger charge is 2.13. The number of hydrogen-bond acceptors (Lipinski definition) is 3. The van der Waals surface area contributed by atoms with Crippen LogP contribution in [0, 0.1) is 27.7 Å². The number of nitrogens with zero attached hydrogens (tertiary/aromatic N) is 1. The quantitative estimate of drug-likeness (QED) is 0.920. The van der Waals surface area contributed by atoms with E-state index in [9.17, 15) is 4.79 Å². The van der Waals surface area contributed by atoms with E-state index in [4.69, 9.17) is 4.42 Å². The van der Waals surface area contributed by atoms with Gasteiger partial charge in [0, 0.05) is 12.6 Å². The molecule has 0 aliphatic carbocycles. The minimum absolute atomic E-state index is 0.0864. The van der Waals surface area contributed by atoms with Crippen molar-refractivity contribution in [1.82, 2.24) is 4.98 Å². The maximum absolute atomic E-state index is 12.0. The van der Waals surface area contributed by atoms with Crippen LogP contribution in [0.1, 0.15) is 28.5 Å². The Morgan fingerprint density at radius 3 is 2.37 bits per heavy atom. The Balaban J connectivity index is 2.12. The van der Waals surface area contributed by atoms with Gasteiger partial charge in [0.15, 0.2) is 5.89 Å². The smallest absolute Gasteiger partial charge is 0.232 e. The van der Waals surface area contributed by atoms with E-state index in [1.165, 1.54) is 0 Å². The summed E-state index contributed by atoms with van der Waals surface area (Å²) in [7, 11) is 0. The Morgan fingerprint density at radius 2 is 1.84 bits per heavy atom. The molecule has 19 heavy (non-hydrogen) atoms. The third kappa shape index (κ3) is 3.02. The molecule has 0 unspecified atom stereocenters. The number of hydrogen-bond donors (Lipinski definition) is 1. The molecule has 2 rings (SSSR count). The molecule has 0 bridgehead atoms. The van der Waals surface area contributed by atoms with E-state index in [0.717, 1.165) is 22.5 Å². The summed E-state index contributed by atoms with van der Waals surface area (Å²) in [5, 5.41) is 2.94. The molecule has 1 N–H and O–H groups in total. The molecule has 0 spiro atoms. The topological polar surface area (TPSA) is 55.1 Å². The average Bonchev–Trinajstić information content (AvgIpc) is 2.63. The van der Waals surface area contributed by atoms with Crippen LogP contribution in [-0.2, 0) is 11.2 Å². The van der Waals surface area contributed by atoms with Gasteiger partial charge in [-0.3, -0.25) is 4.79 Å². The lowest BCUT2D eigenvalue weighted by Crippen LogP contribution is -2.16. The van der Waals surface area contributed by atoms with E-state index in [1.54, 1.807) is 6.92 Å². The second kappa shape index (κ2) is 5.26. The minimum atomic E-state index is -0.0864. The number of carbonyl (C=O) groups is 1. The maximum Gasteiger partial charge on any atom is 0.232 e. The zero-order chi connectivity index (χ0) is 14.0. The van der Waals surface area contributed by atoms with E-state index >= 15 is 0 Å². The summed E-state index contributed by atoms with van der Waals surface area (Å²) in [6.07, 6.45) is 0.209. The Kier molecular flexibility index (Phi) is 3.69. The van der Waals surface area contributed by atoms with Crippen molar-refractivity contribution in [2.24, 2.45) is 0 Å². The Hall–Kier alpha value is -2.10. The molecule has 1 aromatic heterocycles. The summed E-state index contributed by atoms with van der Waals surface area (Å²) in [5.41, 5.74) is 3.76. The molecule has 1 amide bonds. The molecular weight excluding hydrogens is 240 g/mol. The molecule has 1 aromatic carbocycles. The van der Waals surface area contributed by atoms with E-state index < -0.39 is 0 Å². The second-order valence-corrected chi connectivity index (χ2v) is 4.73. The lowest BCUT2D eigenvalue weighted by molar-refractivity contribution is -0.115. The fraction of sp³-hybridized carbons (Fsp3) is 0.333. The van der Waals surface area contributed by atoms with Crippen molar-refractivity contribution in [2.75, 3.05) is 5.32 Å². The number of nitrogens with one attached hydrogen (secondary N) is 1. The number of amides is 1. The first kappa shape index (κ1) is 13.3. The van der Waals surface area contributed by atoms with Gasteiger partial charge in [0.1, 0.15) is 5.76 Å². The van der Waals surface area contributed by atoms with Gasteiger partial charge in [0.2, 0.25) is 5.91 Å². The fourth-order valence-electron chi connectivity index (χ4n) is 2.08. The highest BCUT2D eigenvalue weighted by atomic mass is 16.4. The van der Waals surface area contributed by atoms with E-state index in [-0.39, 0.29) is 12.3 Å². The molecule has 4 nitrogen and oxygen atoms in total. The first-order valence-electron chi connectivity index (χ1n) is 6.26. The van der Waals surface area contributed by atoms with Gasteiger partial charge in [0.25, 0.3) is 0 Å². The first-order chi connectivity index (χ1) is 8.97. The number of aromatic nitrogens is 1. The van der Waals surface area contributed by atoms with E-state index in [1.807, 2.05) is 39.0 Å². The summed E-state index contributed by atoms with van der Waals surface area (Å²) < 4.78 is 5.41. The van der Waals surface area contributed by atoms with Crippen LogP contribution in [0.3, 0.4) is 0 Å². The summed E-state index contributed by atoms with van der Waals surface area (Å²) in [5.74, 6) is 1.13. The Labute approximate surface area is 112 Å². The zero-order valence-electron chi connectivity index (χ0n) is 11.7. The molecule has 0 fully saturated rings. The Bertz CT molecular complexity index is 594. The van der Waals surface area contributed by atoms with Gasteiger partial charge in [-0.15, -0.1) is 0 Å². The second-order valence-electron chi connectivity index (χ2n) is 4.73. The van der Waals surface area contributed by atoms with Crippen molar-refractivity contribution in [3.05, 3.63) is 46.7 Å². The number of oxazole rings is 1. The maximum atomic E-state index is 12.0. The third-order valence-electron chi connectivity index (χ3n) is 3.07. The van der Waals surface area contributed by atoms with Crippen molar-refractivity contribution in [1.29, 1.82) is 0 Å². The van der Waals surface area contributed by atoms with Gasteiger partial charge in [-0.2, -0.15) is 0 Å². The van der Waals surface area contributed by atoms with Crippen molar-refractivity contribution in [3.63, 3.8) is 0 Å². The molecule has 0 aliphatic heterocycles. The highest BCUT2D eigenvalue weighted by Crippen LogP contribution is 2.20. The predicted molar refractivity (Wildman–Crippen MR) is 74.2 cm³/mol. The number of aryl methyl sites for hydroxylation is 4. The highest BCUT2D eigenvalue weighted by molar-refractivity contribution is 5.93. The van der Waals surface area contributed by atoms with Crippen LogP contribution in [0.5, 0.6) is 0 Å². The Morgan fingerprint density at radius 1 is 1.21 bits per heavy atom. The van der Waals surface area contributed by atoms with Crippen LogP contribution in [0.15, 0.2) is 22.6 Å². The van der Waals surface area contributed by atoms with Crippen molar-refractivity contribution in [3.8, 4) is 0 Å². The SMILES string of the molecule is Cc1nc(C)c(CC(=O)Nc2c(C)cccc2C)o1. The number of benzene rings is 1. The summed E-state index contributed by atoms with van der Waals surface area (Å²) in [4.78, 5) is 16.2. The van der Waals surface area contributed by atoms with Crippen LogP contribution in [-0.4, -0.2) is 10.9 Å². The standard InChI is InChI=1S/C15H18N2O2/c1-9-6-5-7-10(2)15(9)17-14(18)8-13-11(3)16-12(4)19-13/h5-7H,8H2,1-4H3,(H,17,18). The number of carbonyl (C=O) groups excluding carboxylic acids is 1. The molecule has 0 saturated carbocycles. The van der Waals surface area contributed by atoms with Crippen LogP contribution in [0.4, 0.5) is 5.69 Å². The third-order valence-corrected chi connectivity index (χ3v) is 3.07. The van der Waals surface area contributed by atoms with Crippen LogP contribution in [0.2, 0.25) is 0 Å². The first-order valence-corrected chi connectivity index (χ1v) is 6.26. The summed E-state index contributed by atoms with van der Waals surface area (Å²) in [6, 6.07) is 5.93. The average molecular weight is 258 g/mol. The molecular formula is C15H18N2O2. The number of para-hydroxylation sites is 1. The molecule has 0 atom stereocenters. The van der Waals surface area contributed by atoms with Gasteiger partial charge in [-0.25, -0.2) is 4.98 Å². The van der Waals surface area contributed by atoms with Crippen LogP contribution in [0.25, 0.3) is 0 Å². The van der Waals surface area contributed by atoms with Gasteiger partial charge in [-0.1, -0.05) is 18.2 Å². The van der Waals surface area contributed by atoms with Crippen LogP contribution < -0.4 is 5.32 Å². The summed E-state index contributed by atoms with van der Waals surface area (Å²) >= 11 is 0. The lowest BCUT2D eigenvalue weighted by atomic mass is 10.1. The van der Waals surface area contributed by atoms with E-state index in [2.05, 4.69) is 10.3 Å². The van der Waals surface area contributed by atoms with Crippen LogP contribution >= 0.6 is 0 Å². The zero-order valence-corrected chi connectivity index (χ0v) is 11.7. The molecule has 100 valence electrons. The van der Waals surface area contributed by atoms with Gasteiger partial charge >= 0.3 is 0 Å². The van der Waals surface area contributed by atoms with Crippen molar-refractivity contribution < 1.29 is 9.21 Å². The number of rotatable bonds is 3. The molecule has 0 saturated heterocycles. The molecule has 0 radical (unpaired) electrons. The van der Waals surface area contributed by atoms with Gasteiger partial charge < -0.3 is 9.73 Å². The van der Waals surface area contributed by atoms with Gasteiger partial charge in [-0.05, 0) is 31.9 Å². The molecule has 4 heteroatoms. The largest absolute Gasteiger partial charge is 0.445 e. The van der Waals surface area contributed by atoms with Gasteiger partial charge in [0.05, 0.1) is 12.1 Å². The van der Waals surface area contributed by atoms with Crippen molar-refractivity contribution >= 4 is 11.6 Å². The monoisotopic (exact) mass is 258 g/mol. The predicted octanol–water partition coefficient (Wildman–Crippen LogP) is 3.09. The molecule has 0 aliphatic rings. The van der Waals surface area contributed by atoms with Crippen molar-refractivity contribution in [2.45, 2.75) is 34.1 Å². The molecule has 1 heterocycles. The number of anilines is 1. The molecule has 2 aromatic rings. The summed E-state index contributed by atoms with van der Waals surface area (Å²) in [6.45, 7) is 7.58. The normalized spacial score (nSPS) is 10.5.